The second kappa shape index (κ2) is 5.28. The van der Waals surface area contributed by atoms with E-state index in [9.17, 15) is 14.9 Å². The molecular weight excluding hydrogens is 230 g/mol. The highest BCUT2D eigenvalue weighted by Gasteiger charge is 2.26. The number of carboxylic acids is 1. The average Bonchev–Trinajstić information content (AvgIpc) is 2.63. The topological polar surface area (TPSA) is 107 Å². The van der Waals surface area contributed by atoms with Crippen LogP contribution in [-0.4, -0.2) is 32.4 Å². The van der Waals surface area contributed by atoms with Gasteiger partial charge in [-0.25, -0.2) is 9.48 Å². The van der Waals surface area contributed by atoms with Gasteiger partial charge in [-0.3, -0.25) is 10.1 Å². The van der Waals surface area contributed by atoms with Gasteiger partial charge in [0.25, 0.3) is 0 Å². The van der Waals surface area contributed by atoms with Crippen LogP contribution in [0.4, 0.5) is 5.69 Å². The quantitative estimate of drug-likeness (QED) is 0.594. The smallest absolute Gasteiger partial charge is 0.350 e. The van der Waals surface area contributed by atoms with E-state index < -0.39 is 16.9 Å². The summed E-state index contributed by atoms with van der Waals surface area (Å²) >= 11 is 0. The lowest BCUT2D eigenvalue weighted by atomic mass is 10.2. The van der Waals surface area contributed by atoms with Gasteiger partial charge in [-0.15, -0.1) is 5.10 Å². The molecule has 0 spiro atoms. The Bertz CT molecular complexity index is 428. The van der Waals surface area contributed by atoms with Crippen LogP contribution < -0.4 is 4.74 Å². The largest absolute Gasteiger partial charge is 0.480 e. The summed E-state index contributed by atoms with van der Waals surface area (Å²) in [6, 6.07) is -0.928. The van der Waals surface area contributed by atoms with Crippen LogP contribution in [0, 0.1) is 10.1 Å². The van der Waals surface area contributed by atoms with Crippen LogP contribution in [0.1, 0.15) is 26.3 Å². The van der Waals surface area contributed by atoms with Crippen molar-refractivity contribution in [2.24, 2.45) is 0 Å². The van der Waals surface area contributed by atoms with E-state index in [-0.39, 0.29) is 24.6 Å². The number of hydrogen-bond donors (Lipinski definition) is 1. The van der Waals surface area contributed by atoms with Crippen LogP contribution in [0.5, 0.6) is 5.88 Å². The van der Waals surface area contributed by atoms with Crippen molar-refractivity contribution in [3.05, 3.63) is 16.3 Å². The van der Waals surface area contributed by atoms with Gasteiger partial charge in [-0.1, -0.05) is 6.92 Å². The maximum Gasteiger partial charge on any atom is 0.350 e. The molecule has 0 fully saturated rings. The Labute approximate surface area is 97.0 Å². The number of rotatable bonds is 6. The Kier molecular flexibility index (Phi) is 4.02. The summed E-state index contributed by atoms with van der Waals surface area (Å²) in [6.45, 7) is 3.55. The molecule has 17 heavy (non-hydrogen) atoms. The van der Waals surface area contributed by atoms with Gasteiger partial charge in [-0.2, -0.15) is 0 Å². The number of nitro groups is 1. The third-order valence-corrected chi connectivity index (χ3v) is 2.15. The highest BCUT2D eigenvalue weighted by Crippen LogP contribution is 2.27. The van der Waals surface area contributed by atoms with Crippen molar-refractivity contribution < 1.29 is 19.6 Å². The van der Waals surface area contributed by atoms with E-state index in [1.54, 1.807) is 13.8 Å². The molecule has 0 bridgehead atoms. The Hall–Kier alpha value is -2.12. The van der Waals surface area contributed by atoms with Crippen molar-refractivity contribution >= 4 is 11.7 Å². The van der Waals surface area contributed by atoms with Gasteiger partial charge in [0.05, 0.1) is 11.5 Å². The lowest BCUT2D eigenvalue weighted by molar-refractivity contribution is -0.386. The maximum absolute atomic E-state index is 10.9. The van der Waals surface area contributed by atoms with Gasteiger partial charge >= 0.3 is 17.5 Å². The van der Waals surface area contributed by atoms with Gasteiger partial charge in [0.1, 0.15) is 12.2 Å². The molecule has 0 aliphatic carbocycles. The summed E-state index contributed by atoms with van der Waals surface area (Å²) in [7, 11) is 0. The molecule has 0 radical (unpaired) electrons. The number of carbonyl (C=O) groups is 1. The van der Waals surface area contributed by atoms with Crippen molar-refractivity contribution in [3.63, 3.8) is 0 Å². The van der Waals surface area contributed by atoms with E-state index in [4.69, 9.17) is 9.84 Å². The lowest BCUT2D eigenvalue weighted by Gasteiger charge is -2.08. The lowest BCUT2D eigenvalue weighted by Crippen LogP contribution is -2.18. The molecule has 1 atom stereocenters. The van der Waals surface area contributed by atoms with Gasteiger partial charge in [0, 0.05) is 0 Å². The Morgan fingerprint density at radius 1 is 1.71 bits per heavy atom. The minimum Gasteiger partial charge on any atom is -0.480 e. The molecule has 1 aromatic rings. The van der Waals surface area contributed by atoms with E-state index in [0.29, 0.717) is 0 Å². The van der Waals surface area contributed by atoms with Crippen LogP contribution >= 0.6 is 0 Å². The monoisotopic (exact) mass is 243 g/mol. The fourth-order valence-corrected chi connectivity index (χ4v) is 1.36. The van der Waals surface area contributed by atoms with Gasteiger partial charge < -0.3 is 9.84 Å². The third kappa shape index (κ3) is 2.71. The number of nitrogens with zero attached hydrogens (tertiary/aromatic N) is 3. The second-order valence-corrected chi connectivity index (χ2v) is 3.25. The van der Waals surface area contributed by atoms with Crippen molar-refractivity contribution in [1.29, 1.82) is 0 Å². The minimum absolute atomic E-state index is 0.155. The Balaban J connectivity index is 3.14. The second-order valence-electron chi connectivity index (χ2n) is 3.25. The molecule has 1 rings (SSSR count). The molecule has 1 unspecified atom stereocenters. The Morgan fingerprint density at radius 2 is 2.35 bits per heavy atom. The summed E-state index contributed by atoms with van der Waals surface area (Å²) in [5, 5.41) is 23.4. The minimum atomic E-state index is -1.09. The molecule has 0 amide bonds. The molecular formula is C9H13N3O5. The van der Waals surface area contributed by atoms with Crippen molar-refractivity contribution in [2.45, 2.75) is 26.3 Å². The standard InChI is InChI=1S/C9H13N3O5/c1-3-6(9(13)14)11-5-7(12(15)16)8(10-11)17-4-2/h5-6H,3-4H2,1-2H3,(H,13,14). The zero-order valence-electron chi connectivity index (χ0n) is 9.49. The Morgan fingerprint density at radius 3 is 2.76 bits per heavy atom. The zero-order chi connectivity index (χ0) is 13.0. The van der Waals surface area contributed by atoms with Gasteiger partial charge in [0.15, 0.2) is 0 Å². The molecule has 1 N–H and O–H groups in total. The summed E-state index contributed by atoms with van der Waals surface area (Å²) in [6.07, 6.45) is 1.35. The number of ether oxygens (including phenoxy) is 1. The van der Waals surface area contributed by atoms with Crippen LogP contribution in [-0.2, 0) is 4.79 Å². The number of hydrogen-bond acceptors (Lipinski definition) is 5. The zero-order valence-corrected chi connectivity index (χ0v) is 9.49. The van der Waals surface area contributed by atoms with Gasteiger partial charge in [-0.05, 0) is 13.3 Å². The molecule has 0 saturated heterocycles. The molecule has 1 heterocycles. The number of aromatic nitrogens is 2. The first-order valence-electron chi connectivity index (χ1n) is 5.10. The molecule has 0 aliphatic heterocycles. The predicted molar refractivity (Wildman–Crippen MR) is 57.0 cm³/mol. The first-order chi connectivity index (χ1) is 8.01. The molecule has 0 saturated carbocycles. The fourth-order valence-electron chi connectivity index (χ4n) is 1.36. The van der Waals surface area contributed by atoms with E-state index in [0.717, 1.165) is 10.9 Å². The first-order valence-corrected chi connectivity index (χ1v) is 5.10. The summed E-state index contributed by atoms with van der Waals surface area (Å²) in [5.41, 5.74) is -0.327. The number of carboxylic acid groups (broad SMARTS) is 1. The van der Waals surface area contributed by atoms with Crippen molar-refractivity contribution in [3.8, 4) is 5.88 Å². The fraction of sp³-hybridized carbons (Fsp3) is 0.556. The van der Waals surface area contributed by atoms with E-state index >= 15 is 0 Å². The highest BCUT2D eigenvalue weighted by atomic mass is 16.6. The first kappa shape index (κ1) is 12.9. The molecule has 8 heteroatoms. The van der Waals surface area contributed by atoms with Crippen LogP contribution in [0.15, 0.2) is 6.20 Å². The van der Waals surface area contributed by atoms with Crippen molar-refractivity contribution in [1.82, 2.24) is 9.78 Å². The van der Waals surface area contributed by atoms with E-state index in [2.05, 4.69) is 5.10 Å². The highest BCUT2D eigenvalue weighted by molar-refractivity contribution is 5.71. The van der Waals surface area contributed by atoms with E-state index in [1.807, 2.05) is 0 Å². The predicted octanol–water partition coefficient (Wildman–Crippen LogP) is 1.23. The van der Waals surface area contributed by atoms with E-state index in [1.165, 1.54) is 0 Å². The SMILES string of the molecule is CCOc1nn(C(CC)C(=O)O)cc1[N+](=O)[O-]. The summed E-state index contributed by atoms with van der Waals surface area (Å²) in [5.74, 6) is -1.25. The maximum atomic E-state index is 10.9. The third-order valence-electron chi connectivity index (χ3n) is 2.15. The van der Waals surface area contributed by atoms with Crippen LogP contribution in [0.2, 0.25) is 0 Å². The average molecular weight is 243 g/mol. The number of aliphatic carboxylic acids is 1. The summed E-state index contributed by atoms with van der Waals surface area (Å²) in [4.78, 5) is 21.0. The normalized spacial score (nSPS) is 12.1. The molecule has 1 aromatic heterocycles. The molecule has 0 aromatic carbocycles. The molecule has 8 nitrogen and oxygen atoms in total. The molecule has 0 aliphatic rings. The van der Waals surface area contributed by atoms with Crippen LogP contribution in [0.3, 0.4) is 0 Å². The van der Waals surface area contributed by atoms with Crippen molar-refractivity contribution in [2.75, 3.05) is 6.61 Å². The van der Waals surface area contributed by atoms with Gasteiger partial charge in [0.2, 0.25) is 0 Å². The summed E-state index contributed by atoms with van der Waals surface area (Å²) < 4.78 is 6.03. The van der Waals surface area contributed by atoms with Crippen LogP contribution in [0.25, 0.3) is 0 Å². The molecule has 94 valence electrons.